The fraction of sp³-hybridized carbons (Fsp3) is 0.333. The van der Waals surface area contributed by atoms with Crippen LogP contribution in [0.4, 0.5) is 5.69 Å². The molecule has 0 fully saturated rings. The van der Waals surface area contributed by atoms with Gasteiger partial charge in [-0.2, -0.15) is 0 Å². The zero-order valence-electron chi connectivity index (χ0n) is 15.4. The zero-order chi connectivity index (χ0) is 19.8. The molecule has 0 bridgehead atoms. The summed E-state index contributed by atoms with van der Waals surface area (Å²) in [5.41, 5.74) is 1.40. The standard InChI is InChI=1S/C18H21N5O3S2/c1-26-9-5-8-23-17(25)21-22-18(23)28-12-14-11-27-16(20-14)10-15(24)19-13-6-3-2-4-7-13/h2-4,6-7,11H,5,8-10,12H2,1H3,(H,19,24)(H,21,25). The molecule has 0 aliphatic rings. The van der Waals surface area contributed by atoms with E-state index < -0.39 is 0 Å². The molecule has 0 spiro atoms. The number of amides is 1. The lowest BCUT2D eigenvalue weighted by Crippen LogP contribution is -2.18. The van der Waals surface area contributed by atoms with Gasteiger partial charge in [-0.15, -0.1) is 16.4 Å². The van der Waals surface area contributed by atoms with Crippen LogP contribution in [0.2, 0.25) is 0 Å². The molecule has 1 aromatic carbocycles. The van der Waals surface area contributed by atoms with Crippen molar-refractivity contribution in [2.75, 3.05) is 19.0 Å². The first-order valence-corrected chi connectivity index (χ1v) is 10.6. The van der Waals surface area contributed by atoms with Gasteiger partial charge in [-0.25, -0.2) is 14.9 Å². The number of benzene rings is 1. The average Bonchev–Trinajstić information content (AvgIpc) is 3.28. The van der Waals surface area contributed by atoms with Crippen molar-refractivity contribution >= 4 is 34.7 Å². The van der Waals surface area contributed by atoms with Crippen molar-refractivity contribution in [2.45, 2.75) is 30.3 Å². The van der Waals surface area contributed by atoms with Gasteiger partial charge in [0.2, 0.25) is 5.91 Å². The quantitative estimate of drug-likeness (QED) is 0.387. The number of aromatic amines is 1. The summed E-state index contributed by atoms with van der Waals surface area (Å²) in [4.78, 5) is 28.5. The Kier molecular flexibility index (Phi) is 7.40. The monoisotopic (exact) mass is 419 g/mol. The predicted octanol–water partition coefficient (Wildman–Crippen LogP) is 2.54. The van der Waals surface area contributed by atoms with E-state index in [4.69, 9.17) is 4.74 Å². The Balaban J connectivity index is 1.52. The summed E-state index contributed by atoms with van der Waals surface area (Å²) in [5.74, 6) is 0.477. The van der Waals surface area contributed by atoms with Gasteiger partial charge in [-0.3, -0.25) is 9.36 Å². The predicted molar refractivity (Wildman–Crippen MR) is 110 cm³/mol. The number of carbonyl (C=O) groups excluding carboxylic acids is 1. The molecule has 148 valence electrons. The van der Waals surface area contributed by atoms with Crippen LogP contribution < -0.4 is 11.0 Å². The molecule has 3 aromatic rings. The molecule has 0 aliphatic carbocycles. The molecule has 0 aliphatic heterocycles. The van der Waals surface area contributed by atoms with Crippen LogP contribution in [0.3, 0.4) is 0 Å². The average molecular weight is 420 g/mol. The minimum absolute atomic E-state index is 0.0981. The Hall–Kier alpha value is -2.43. The first kappa shape index (κ1) is 20.3. The first-order valence-electron chi connectivity index (χ1n) is 8.71. The fourth-order valence-corrected chi connectivity index (χ4v) is 4.24. The Morgan fingerprint density at radius 3 is 2.96 bits per heavy atom. The van der Waals surface area contributed by atoms with E-state index >= 15 is 0 Å². The highest BCUT2D eigenvalue weighted by atomic mass is 32.2. The van der Waals surface area contributed by atoms with Crippen molar-refractivity contribution < 1.29 is 9.53 Å². The van der Waals surface area contributed by atoms with Crippen molar-refractivity contribution in [1.82, 2.24) is 19.7 Å². The van der Waals surface area contributed by atoms with Gasteiger partial charge in [0, 0.05) is 37.1 Å². The van der Waals surface area contributed by atoms with Crippen LogP contribution in [-0.2, 0) is 28.2 Å². The highest BCUT2D eigenvalue weighted by molar-refractivity contribution is 7.98. The molecule has 0 saturated heterocycles. The molecule has 0 unspecified atom stereocenters. The van der Waals surface area contributed by atoms with Gasteiger partial charge in [0.25, 0.3) is 0 Å². The number of nitrogens with zero attached hydrogens (tertiary/aromatic N) is 3. The topological polar surface area (TPSA) is 102 Å². The number of para-hydroxylation sites is 1. The molecule has 2 N–H and O–H groups in total. The normalized spacial score (nSPS) is 10.9. The summed E-state index contributed by atoms with van der Waals surface area (Å²) in [7, 11) is 1.63. The highest BCUT2D eigenvalue weighted by Crippen LogP contribution is 2.21. The smallest absolute Gasteiger partial charge is 0.343 e. The number of carbonyl (C=O) groups is 1. The van der Waals surface area contributed by atoms with E-state index in [-0.39, 0.29) is 18.0 Å². The summed E-state index contributed by atoms with van der Waals surface area (Å²) in [5, 5.41) is 12.7. The SMILES string of the molecule is COCCCn1c(SCc2csc(CC(=O)Nc3ccccc3)n2)n[nH]c1=O. The van der Waals surface area contributed by atoms with Crippen molar-refractivity contribution in [3.63, 3.8) is 0 Å². The molecular weight excluding hydrogens is 398 g/mol. The third kappa shape index (κ3) is 5.78. The van der Waals surface area contributed by atoms with Crippen LogP contribution in [0.1, 0.15) is 17.1 Å². The Labute approximate surface area is 170 Å². The number of hydrogen-bond donors (Lipinski definition) is 2. The Morgan fingerprint density at radius 2 is 2.18 bits per heavy atom. The number of ether oxygens (including phenoxy) is 1. The van der Waals surface area contributed by atoms with Gasteiger partial charge >= 0.3 is 5.69 Å². The molecule has 3 rings (SSSR count). The van der Waals surface area contributed by atoms with Crippen LogP contribution in [0.5, 0.6) is 0 Å². The van der Waals surface area contributed by atoms with E-state index in [1.807, 2.05) is 35.7 Å². The number of thioether (sulfide) groups is 1. The molecule has 2 aromatic heterocycles. The maximum absolute atomic E-state index is 12.1. The largest absolute Gasteiger partial charge is 0.385 e. The maximum Gasteiger partial charge on any atom is 0.343 e. The van der Waals surface area contributed by atoms with Crippen molar-refractivity contribution in [2.24, 2.45) is 0 Å². The second-order valence-electron chi connectivity index (χ2n) is 5.92. The van der Waals surface area contributed by atoms with Gasteiger partial charge in [0.05, 0.1) is 12.1 Å². The molecule has 2 heterocycles. The van der Waals surface area contributed by atoms with Crippen molar-refractivity contribution in [3.8, 4) is 0 Å². The molecule has 0 atom stereocenters. The summed E-state index contributed by atoms with van der Waals surface area (Å²) < 4.78 is 6.63. The summed E-state index contributed by atoms with van der Waals surface area (Å²) >= 11 is 2.89. The third-order valence-electron chi connectivity index (χ3n) is 3.77. The van der Waals surface area contributed by atoms with E-state index in [0.29, 0.717) is 24.1 Å². The van der Waals surface area contributed by atoms with E-state index in [1.165, 1.54) is 23.1 Å². The maximum atomic E-state index is 12.1. The van der Waals surface area contributed by atoms with E-state index in [2.05, 4.69) is 20.5 Å². The van der Waals surface area contributed by atoms with Crippen LogP contribution in [0.15, 0.2) is 45.7 Å². The number of nitrogens with one attached hydrogen (secondary N) is 2. The first-order chi connectivity index (χ1) is 13.7. The van der Waals surface area contributed by atoms with Crippen molar-refractivity contribution in [1.29, 1.82) is 0 Å². The molecule has 0 saturated carbocycles. The highest BCUT2D eigenvalue weighted by Gasteiger charge is 2.12. The minimum Gasteiger partial charge on any atom is -0.385 e. The molecular formula is C18H21N5O3S2. The van der Waals surface area contributed by atoms with E-state index in [9.17, 15) is 9.59 Å². The summed E-state index contributed by atoms with van der Waals surface area (Å²) in [6.07, 6.45) is 0.967. The van der Waals surface area contributed by atoms with Gasteiger partial charge in [-0.05, 0) is 18.6 Å². The molecule has 10 heteroatoms. The zero-order valence-corrected chi connectivity index (χ0v) is 17.0. The lowest BCUT2D eigenvalue weighted by Gasteiger charge is -2.04. The van der Waals surface area contributed by atoms with Crippen LogP contribution >= 0.6 is 23.1 Å². The second kappa shape index (κ2) is 10.2. The van der Waals surface area contributed by atoms with Gasteiger partial charge in [0.15, 0.2) is 5.16 Å². The minimum atomic E-state index is -0.227. The van der Waals surface area contributed by atoms with Gasteiger partial charge in [0.1, 0.15) is 5.01 Å². The summed E-state index contributed by atoms with van der Waals surface area (Å²) in [6, 6.07) is 9.34. The van der Waals surface area contributed by atoms with Crippen LogP contribution in [-0.4, -0.2) is 39.4 Å². The number of hydrogen-bond acceptors (Lipinski definition) is 7. The molecule has 1 amide bonds. The van der Waals surface area contributed by atoms with E-state index in [1.54, 1.807) is 11.7 Å². The Morgan fingerprint density at radius 1 is 1.36 bits per heavy atom. The molecule has 0 radical (unpaired) electrons. The number of aromatic nitrogens is 4. The number of H-pyrrole nitrogens is 1. The second-order valence-corrected chi connectivity index (χ2v) is 7.81. The number of anilines is 1. The van der Waals surface area contributed by atoms with Crippen LogP contribution in [0.25, 0.3) is 0 Å². The lowest BCUT2D eigenvalue weighted by molar-refractivity contribution is -0.115. The van der Waals surface area contributed by atoms with Gasteiger partial charge in [-0.1, -0.05) is 30.0 Å². The number of thiazole rings is 1. The molecule has 28 heavy (non-hydrogen) atoms. The summed E-state index contributed by atoms with van der Waals surface area (Å²) in [6.45, 7) is 1.13. The third-order valence-corrected chi connectivity index (χ3v) is 5.68. The Bertz CT molecular complexity index is 952. The number of methoxy groups -OCH3 is 1. The van der Waals surface area contributed by atoms with E-state index in [0.717, 1.165) is 22.8 Å². The lowest BCUT2D eigenvalue weighted by atomic mass is 10.3. The molecule has 8 nitrogen and oxygen atoms in total. The fourth-order valence-electron chi connectivity index (χ4n) is 2.48. The van der Waals surface area contributed by atoms with Crippen molar-refractivity contribution in [3.05, 3.63) is 56.9 Å². The van der Waals surface area contributed by atoms with Gasteiger partial charge < -0.3 is 10.1 Å². The van der Waals surface area contributed by atoms with Crippen LogP contribution in [0, 0.1) is 0 Å². The number of rotatable bonds is 10.